The first kappa shape index (κ1) is 12.7. The number of nitriles is 1. The lowest BCUT2D eigenvalue weighted by Crippen LogP contribution is -2.13. The highest BCUT2D eigenvalue weighted by molar-refractivity contribution is 5.83. The number of nitrogens with zero attached hydrogens (tertiary/aromatic N) is 1. The molecule has 0 radical (unpaired) electrons. The van der Waals surface area contributed by atoms with E-state index < -0.39 is 12.1 Å². The van der Waals surface area contributed by atoms with Crippen LogP contribution in [0.25, 0.3) is 0 Å². The largest absolute Gasteiger partial charge is 0.495 e. The van der Waals surface area contributed by atoms with Crippen LogP contribution in [0.5, 0.6) is 5.75 Å². The Bertz CT molecular complexity index is 503. The molecular weight excluding hydrogens is 226 g/mol. The third-order valence-electron chi connectivity index (χ3n) is 2.19. The van der Waals surface area contributed by atoms with E-state index in [0.29, 0.717) is 6.29 Å². The van der Waals surface area contributed by atoms with Gasteiger partial charge in [-0.2, -0.15) is 5.26 Å². The molecule has 1 aromatic rings. The van der Waals surface area contributed by atoms with Crippen LogP contribution in [-0.2, 0) is 4.79 Å². The number of carbonyl (C=O) groups excluding carboxylic acids is 1. The van der Waals surface area contributed by atoms with E-state index in [4.69, 9.17) is 15.1 Å². The first-order chi connectivity index (χ1) is 8.06. The van der Waals surface area contributed by atoms with E-state index in [0.717, 1.165) is 0 Å². The first-order valence-electron chi connectivity index (χ1n) is 4.53. The molecule has 0 fully saturated rings. The second-order valence-electron chi connectivity index (χ2n) is 3.12. The summed E-state index contributed by atoms with van der Waals surface area (Å²) in [6.07, 6.45) is -1.35. The third-order valence-corrected chi connectivity index (χ3v) is 2.19. The fraction of sp³-hybridized carbons (Fsp3) is 0.182. The molecule has 0 amide bonds. The van der Waals surface area contributed by atoms with Crippen molar-refractivity contribution in [3.05, 3.63) is 28.8 Å². The van der Waals surface area contributed by atoms with E-state index >= 15 is 0 Å². The summed E-state index contributed by atoms with van der Waals surface area (Å²) in [5, 5.41) is 27.0. The normalized spacial score (nSPS) is 11.4. The molecule has 6 nitrogen and oxygen atoms in total. The molecular formula is C11H9NO5. The van der Waals surface area contributed by atoms with Crippen LogP contribution in [0.1, 0.15) is 27.6 Å². The number of aliphatic hydroxyl groups excluding tert-OH is 1. The van der Waals surface area contributed by atoms with Crippen molar-refractivity contribution in [2.45, 2.75) is 6.10 Å². The van der Waals surface area contributed by atoms with E-state index in [2.05, 4.69) is 0 Å². The van der Waals surface area contributed by atoms with Gasteiger partial charge >= 0.3 is 5.97 Å². The van der Waals surface area contributed by atoms with Crippen LogP contribution in [0.4, 0.5) is 0 Å². The molecule has 88 valence electrons. The fourth-order valence-electron chi connectivity index (χ4n) is 1.40. The number of hydrogen-bond donors (Lipinski definition) is 2. The van der Waals surface area contributed by atoms with Gasteiger partial charge in [-0.1, -0.05) is 6.07 Å². The Hall–Kier alpha value is -2.39. The standard InChI is InChI=1S/C11H9NO5/c1-17-10-6(5-13)2-3-7(8(10)4-12)9(14)11(15)16/h2-3,5,9,14H,1H3,(H,15,16). The Morgan fingerprint density at radius 3 is 2.65 bits per heavy atom. The lowest BCUT2D eigenvalue weighted by molar-refractivity contribution is -0.146. The van der Waals surface area contributed by atoms with Crippen LogP contribution in [0, 0.1) is 11.3 Å². The molecule has 0 bridgehead atoms. The van der Waals surface area contributed by atoms with Crippen molar-refractivity contribution in [1.29, 1.82) is 5.26 Å². The van der Waals surface area contributed by atoms with E-state index in [1.54, 1.807) is 6.07 Å². The summed E-state index contributed by atoms with van der Waals surface area (Å²) in [4.78, 5) is 21.4. The van der Waals surface area contributed by atoms with Gasteiger partial charge in [0.2, 0.25) is 0 Å². The van der Waals surface area contributed by atoms with Crippen LogP contribution in [0.2, 0.25) is 0 Å². The van der Waals surface area contributed by atoms with Gasteiger partial charge in [-0.25, -0.2) is 4.79 Å². The second kappa shape index (κ2) is 5.09. The van der Waals surface area contributed by atoms with Gasteiger partial charge in [-0.05, 0) is 6.07 Å². The van der Waals surface area contributed by atoms with Gasteiger partial charge in [0.25, 0.3) is 0 Å². The van der Waals surface area contributed by atoms with Crippen LogP contribution < -0.4 is 4.74 Å². The predicted octanol–water partition coefficient (Wildman–Crippen LogP) is 0.497. The zero-order valence-electron chi connectivity index (χ0n) is 8.88. The molecule has 1 atom stereocenters. The molecule has 1 aromatic carbocycles. The number of carbonyl (C=O) groups is 2. The molecule has 1 rings (SSSR count). The number of methoxy groups -OCH3 is 1. The molecule has 6 heteroatoms. The Balaban J connectivity index is 3.50. The molecule has 0 aliphatic carbocycles. The van der Waals surface area contributed by atoms with Gasteiger partial charge in [0, 0.05) is 5.56 Å². The molecule has 0 spiro atoms. The van der Waals surface area contributed by atoms with Gasteiger partial charge in [0.15, 0.2) is 12.4 Å². The van der Waals surface area contributed by atoms with Crippen LogP contribution >= 0.6 is 0 Å². The lowest BCUT2D eigenvalue weighted by atomic mass is 9.99. The maximum absolute atomic E-state index is 10.7. The van der Waals surface area contributed by atoms with Gasteiger partial charge in [0.1, 0.15) is 17.4 Å². The molecule has 17 heavy (non-hydrogen) atoms. The van der Waals surface area contributed by atoms with E-state index in [-0.39, 0.29) is 22.4 Å². The van der Waals surface area contributed by atoms with E-state index in [1.165, 1.54) is 19.2 Å². The Morgan fingerprint density at radius 1 is 1.59 bits per heavy atom. The molecule has 0 aliphatic rings. The summed E-state index contributed by atoms with van der Waals surface area (Å²) in [6, 6.07) is 4.22. The molecule has 1 unspecified atom stereocenters. The number of hydrogen-bond acceptors (Lipinski definition) is 5. The Morgan fingerprint density at radius 2 is 2.24 bits per heavy atom. The summed E-state index contributed by atoms with van der Waals surface area (Å²) in [7, 11) is 1.25. The second-order valence-corrected chi connectivity index (χ2v) is 3.12. The number of aliphatic carboxylic acids is 1. The van der Waals surface area contributed by atoms with E-state index in [9.17, 15) is 14.7 Å². The summed E-state index contributed by atoms with van der Waals surface area (Å²) < 4.78 is 4.87. The molecule has 2 N–H and O–H groups in total. The van der Waals surface area contributed by atoms with Crippen molar-refractivity contribution in [3.63, 3.8) is 0 Å². The smallest absolute Gasteiger partial charge is 0.337 e. The molecule has 0 aliphatic heterocycles. The summed E-state index contributed by atoms with van der Waals surface area (Å²) in [5.74, 6) is -1.53. The van der Waals surface area contributed by atoms with Crippen molar-refractivity contribution in [2.24, 2.45) is 0 Å². The fourth-order valence-corrected chi connectivity index (χ4v) is 1.40. The number of ether oxygens (including phenoxy) is 1. The van der Waals surface area contributed by atoms with Crippen LogP contribution in [-0.4, -0.2) is 29.6 Å². The topological polar surface area (TPSA) is 108 Å². The van der Waals surface area contributed by atoms with Crippen molar-refractivity contribution in [2.75, 3.05) is 7.11 Å². The summed E-state index contributed by atoms with van der Waals surface area (Å²) >= 11 is 0. The average molecular weight is 235 g/mol. The zero-order valence-corrected chi connectivity index (χ0v) is 8.88. The highest BCUT2D eigenvalue weighted by atomic mass is 16.5. The molecule has 0 aromatic heterocycles. The third kappa shape index (κ3) is 2.24. The van der Waals surface area contributed by atoms with Gasteiger partial charge < -0.3 is 14.9 Å². The van der Waals surface area contributed by atoms with Crippen molar-refractivity contribution < 1.29 is 24.5 Å². The molecule has 0 heterocycles. The van der Waals surface area contributed by atoms with Gasteiger partial charge in [-0.15, -0.1) is 0 Å². The molecule has 0 saturated heterocycles. The molecule has 0 saturated carbocycles. The SMILES string of the molecule is COc1c(C=O)ccc(C(O)C(=O)O)c1C#N. The summed E-state index contributed by atoms with van der Waals surface area (Å²) in [6.45, 7) is 0. The number of aldehydes is 1. The summed E-state index contributed by atoms with van der Waals surface area (Å²) in [5.41, 5.74) is -0.153. The number of carboxylic acids is 1. The lowest BCUT2D eigenvalue weighted by Gasteiger charge is -2.12. The maximum atomic E-state index is 10.7. The monoisotopic (exact) mass is 235 g/mol. The zero-order chi connectivity index (χ0) is 13.0. The average Bonchev–Trinajstić information content (AvgIpc) is 2.35. The number of benzene rings is 1. The predicted molar refractivity (Wildman–Crippen MR) is 55.7 cm³/mol. The van der Waals surface area contributed by atoms with Crippen LogP contribution in [0.15, 0.2) is 12.1 Å². The minimum atomic E-state index is -1.83. The van der Waals surface area contributed by atoms with Crippen LogP contribution in [0.3, 0.4) is 0 Å². The van der Waals surface area contributed by atoms with Crippen molar-refractivity contribution in [3.8, 4) is 11.8 Å². The maximum Gasteiger partial charge on any atom is 0.337 e. The highest BCUT2D eigenvalue weighted by Crippen LogP contribution is 2.29. The number of rotatable bonds is 4. The Kier molecular flexibility index (Phi) is 3.80. The first-order valence-corrected chi connectivity index (χ1v) is 4.53. The van der Waals surface area contributed by atoms with Crippen molar-refractivity contribution >= 4 is 12.3 Å². The number of aliphatic hydroxyl groups is 1. The van der Waals surface area contributed by atoms with Crippen molar-refractivity contribution in [1.82, 2.24) is 0 Å². The van der Waals surface area contributed by atoms with Gasteiger partial charge in [-0.3, -0.25) is 4.79 Å². The highest BCUT2D eigenvalue weighted by Gasteiger charge is 2.23. The Labute approximate surface area is 96.7 Å². The van der Waals surface area contributed by atoms with E-state index in [1.807, 2.05) is 0 Å². The van der Waals surface area contributed by atoms with Gasteiger partial charge in [0.05, 0.1) is 12.7 Å². The minimum absolute atomic E-state index is 0.0414. The minimum Gasteiger partial charge on any atom is -0.495 e. The number of carboxylic acid groups (broad SMARTS) is 1. The quantitative estimate of drug-likeness (QED) is 0.735.